The van der Waals surface area contributed by atoms with Crippen molar-refractivity contribution in [1.82, 2.24) is 9.97 Å². The molecule has 0 radical (unpaired) electrons. The van der Waals surface area contributed by atoms with E-state index < -0.39 is 0 Å². The molecule has 0 aromatic carbocycles. The first-order chi connectivity index (χ1) is 6.06. The summed E-state index contributed by atoms with van der Waals surface area (Å²) in [5, 5.41) is 0. The first-order valence-electron chi connectivity index (χ1n) is 4.24. The Hall–Kier alpha value is -1.32. The Morgan fingerprint density at radius 2 is 1.92 bits per heavy atom. The molecule has 4 heteroatoms. The highest BCUT2D eigenvalue weighted by Crippen LogP contribution is 2.22. The van der Waals surface area contributed by atoms with Crippen molar-refractivity contribution in [3.63, 3.8) is 0 Å². The average Bonchev–Trinajstić information content (AvgIpc) is 2.09. The average molecular weight is 181 g/mol. The van der Waals surface area contributed by atoms with E-state index in [1.54, 1.807) is 0 Å². The van der Waals surface area contributed by atoms with E-state index in [4.69, 9.17) is 10.5 Å². The standard InChI is InChI=1S/C9H15N3O/c1-5(2)7-6(3)8(10)12-9(11-7)13-4/h5H,1-4H3,(H2,10,11,12). The summed E-state index contributed by atoms with van der Waals surface area (Å²) in [4.78, 5) is 8.22. The van der Waals surface area contributed by atoms with Gasteiger partial charge in [-0.05, 0) is 12.8 Å². The van der Waals surface area contributed by atoms with E-state index in [9.17, 15) is 0 Å². The zero-order valence-corrected chi connectivity index (χ0v) is 8.46. The molecule has 0 aliphatic rings. The molecular formula is C9H15N3O. The van der Waals surface area contributed by atoms with Crippen LogP contribution in [0.5, 0.6) is 6.01 Å². The van der Waals surface area contributed by atoms with Crippen LogP contribution >= 0.6 is 0 Å². The maximum Gasteiger partial charge on any atom is 0.318 e. The molecule has 0 spiro atoms. The van der Waals surface area contributed by atoms with E-state index in [0.29, 0.717) is 17.7 Å². The summed E-state index contributed by atoms with van der Waals surface area (Å²) < 4.78 is 4.94. The number of ether oxygens (including phenoxy) is 1. The molecule has 0 aliphatic carbocycles. The first-order valence-corrected chi connectivity index (χ1v) is 4.24. The minimum Gasteiger partial charge on any atom is -0.467 e. The molecule has 0 atom stereocenters. The van der Waals surface area contributed by atoms with Crippen molar-refractivity contribution in [1.29, 1.82) is 0 Å². The summed E-state index contributed by atoms with van der Waals surface area (Å²) in [5.74, 6) is 0.828. The van der Waals surface area contributed by atoms with Gasteiger partial charge in [0.15, 0.2) is 0 Å². The molecule has 0 saturated heterocycles. The summed E-state index contributed by atoms with van der Waals surface area (Å²) in [5.41, 5.74) is 7.59. The van der Waals surface area contributed by atoms with Gasteiger partial charge in [0.2, 0.25) is 0 Å². The van der Waals surface area contributed by atoms with Crippen LogP contribution in [0.25, 0.3) is 0 Å². The van der Waals surface area contributed by atoms with Crippen molar-refractivity contribution in [3.8, 4) is 6.01 Å². The van der Waals surface area contributed by atoms with E-state index >= 15 is 0 Å². The number of rotatable bonds is 2. The van der Waals surface area contributed by atoms with E-state index in [1.165, 1.54) is 7.11 Å². The summed E-state index contributed by atoms with van der Waals surface area (Å²) in [6.45, 7) is 6.05. The van der Waals surface area contributed by atoms with Crippen molar-refractivity contribution in [2.45, 2.75) is 26.7 Å². The number of aromatic nitrogens is 2. The number of methoxy groups -OCH3 is 1. The largest absolute Gasteiger partial charge is 0.467 e. The lowest BCUT2D eigenvalue weighted by molar-refractivity contribution is 0.377. The van der Waals surface area contributed by atoms with Gasteiger partial charge in [0.05, 0.1) is 12.8 Å². The summed E-state index contributed by atoms with van der Waals surface area (Å²) in [7, 11) is 1.54. The van der Waals surface area contributed by atoms with E-state index in [2.05, 4.69) is 23.8 Å². The molecule has 4 nitrogen and oxygen atoms in total. The molecule has 1 rings (SSSR count). The van der Waals surface area contributed by atoms with Crippen LogP contribution in [-0.2, 0) is 0 Å². The summed E-state index contributed by atoms with van der Waals surface area (Å²) in [6.07, 6.45) is 0. The van der Waals surface area contributed by atoms with Gasteiger partial charge in [0.1, 0.15) is 5.82 Å². The van der Waals surface area contributed by atoms with Gasteiger partial charge < -0.3 is 10.5 Å². The van der Waals surface area contributed by atoms with Gasteiger partial charge in [0.25, 0.3) is 0 Å². The molecule has 0 fully saturated rings. The van der Waals surface area contributed by atoms with E-state index in [1.807, 2.05) is 6.92 Å². The van der Waals surface area contributed by atoms with Crippen LogP contribution in [0, 0.1) is 6.92 Å². The zero-order chi connectivity index (χ0) is 10.0. The number of hydrogen-bond acceptors (Lipinski definition) is 4. The molecule has 0 unspecified atom stereocenters. The van der Waals surface area contributed by atoms with Crippen LogP contribution < -0.4 is 10.5 Å². The van der Waals surface area contributed by atoms with Crippen molar-refractivity contribution in [3.05, 3.63) is 11.3 Å². The van der Waals surface area contributed by atoms with Crippen molar-refractivity contribution in [2.24, 2.45) is 0 Å². The highest BCUT2D eigenvalue weighted by molar-refractivity contribution is 5.43. The maximum absolute atomic E-state index is 5.70. The lowest BCUT2D eigenvalue weighted by atomic mass is 10.1. The Morgan fingerprint density at radius 1 is 1.31 bits per heavy atom. The smallest absolute Gasteiger partial charge is 0.318 e. The van der Waals surface area contributed by atoms with Gasteiger partial charge in [-0.25, -0.2) is 0 Å². The Morgan fingerprint density at radius 3 is 2.38 bits per heavy atom. The fourth-order valence-corrected chi connectivity index (χ4v) is 1.18. The molecule has 0 aliphatic heterocycles. The second kappa shape index (κ2) is 3.60. The number of nitrogen functional groups attached to an aromatic ring is 1. The quantitative estimate of drug-likeness (QED) is 0.751. The number of nitrogens with two attached hydrogens (primary N) is 1. The Bertz CT molecular complexity index is 310. The van der Waals surface area contributed by atoms with Crippen LogP contribution in [-0.4, -0.2) is 17.1 Å². The molecule has 1 heterocycles. The minimum absolute atomic E-state index is 0.333. The van der Waals surface area contributed by atoms with Crippen molar-refractivity contribution < 1.29 is 4.74 Å². The van der Waals surface area contributed by atoms with Gasteiger partial charge >= 0.3 is 6.01 Å². The van der Waals surface area contributed by atoms with Crippen LogP contribution in [0.2, 0.25) is 0 Å². The van der Waals surface area contributed by atoms with Crippen molar-refractivity contribution in [2.75, 3.05) is 12.8 Å². The highest BCUT2D eigenvalue weighted by Gasteiger charge is 2.11. The molecule has 1 aromatic rings. The third-order valence-corrected chi connectivity index (χ3v) is 1.93. The lowest BCUT2D eigenvalue weighted by Gasteiger charge is -2.11. The molecule has 13 heavy (non-hydrogen) atoms. The third-order valence-electron chi connectivity index (χ3n) is 1.93. The predicted octanol–water partition coefficient (Wildman–Crippen LogP) is 1.50. The van der Waals surface area contributed by atoms with Crippen molar-refractivity contribution >= 4 is 5.82 Å². The SMILES string of the molecule is COc1nc(N)c(C)c(C(C)C)n1. The molecule has 1 aromatic heterocycles. The van der Waals surface area contributed by atoms with Gasteiger partial charge in [-0.3, -0.25) is 0 Å². The second-order valence-electron chi connectivity index (χ2n) is 3.26. The fraction of sp³-hybridized carbons (Fsp3) is 0.556. The van der Waals surface area contributed by atoms with Crippen LogP contribution in [0.4, 0.5) is 5.82 Å². The fourth-order valence-electron chi connectivity index (χ4n) is 1.18. The van der Waals surface area contributed by atoms with E-state index in [-0.39, 0.29) is 0 Å². The number of nitrogens with zero attached hydrogens (tertiary/aromatic N) is 2. The maximum atomic E-state index is 5.70. The lowest BCUT2D eigenvalue weighted by Crippen LogP contribution is -2.06. The van der Waals surface area contributed by atoms with Crippen LogP contribution in [0.1, 0.15) is 31.0 Å². The third kappa shape index (κ3) is 1.88. The van der Waals surface area contributed by atoms with E-state index in [0.717, 1.165) is 11.3 Å². The van der Waals surface area contributed by atoms with Gasteiger partial charge in [0, 0.05) is 5.56 Å². The summed E-state index contributed by atoms with van der Waals surface area (Å²) >= 11 is 0. The Balaban J connectivity index is 3.25. The Kier molecular flexibility index (Phi) is 2.70. The second-order valence-corrected chi connectivity index (χ2v) is 3.26. The molecule has 72 valence electrons. The predicted molar refractivity (Wildman–Crippen MR) is 51.8 cm³/mol. The molecular weight excluding hydrogens is 166 g/mol. The molecule has 0 bridgehead atoms. The first kappa shape index (κ1) is 9.77. The monoisotopic (exact) mass is 181 g/mol. The topological polar surface area (TPSA) is 61.0 Å². The van der Waals surface area contributed by atoms with Gasteiger partial charge in [-0.15, -0.1) is 0 Å². The number of hydrogen-bond donors (Lipinski definition) is 1. The molecule has 2 N–H and O–H groups in total. The highest BCUT2D eigenvalue weighted by atomic mass is 16.5. The number of anilines is 1. The van der Waals surface area contributed by atoms with Crippen LogP contribution in [0.15, 0.2) is 0 Å². The zero-order valence-electron chi connectivity index (χ0n) is 8.46. The van der Waals surface area contributed by atoms with Gasteiger partial charge in [-0.2, -0.15) is 9.97 Å². The normalized spacial score (nSPS) is 10.5. The van der Waals surface area contributed by atoms with Crippen LogP contribution in [0.3, 0.4) is 0 Å². The molecule has 0 amide bonds. The minimum atomic E-state index is 0.333. The Labute approximate surface area is 78.1 Å². The molecule has 0 saturated carbocycles. The van der Waals surface area contributed by atoms with Gasteiger partial charge in [-0.1, -0.05) is 13.8 Å². The summed E-state index contributed by atoms with van der Waals surface area (Å²) in [6, 6.07) is 0.340.